The third-order valence-corrected chi connectivity index (χ3v) is 14.8. The van der Waals surface area contributed by atoms with Gasteiger partial charge in [0, 0.05) is 11.0 Å². The quantitative estimate of drug-likeness (QED) is 0.0869. The number of halogens is 2. The van der Waals surface area contributed by atoms with Crippen molar-refractivity contribution in [2.75, 3.05) is 13.2 Å². The summed E-state index contributed by atoms with van der Waals surface area (Å²) in [7, 11) is 0. The molecule has 1 heterocycles. The van der Waals surface area contributed by atoms with E-state index in [1.807, 2.05) is 13.0 Å². The van der Waals surface area contributed by atoms with Crippen molar-refractivity contribution in [3.63, 3.8) is 0 Å². The molecule has 7 heteroatoms. The second kappa shape index (κ2) is 17.2. The molecule has 2 saturated carbocycles. The number of ketones is 2. The van der Waals surface area contributed by atoms with Crippen LogP contribution < -0.4 is 9.47 Å². The van der Waals surface area contributed by atoms with Gasteiger partial charge in [-0.3, -0.25) is 9.59 Å². The summed E-state index contributed by atoms with van der Waals surface area (Å²) in [5.41, 5.74) is 4.25. The Labute approximate surface area is 310 Å². The number of unbranched alkanes of at least 4 members (excludes halogenated alkanes) is 2. The Kier molecular flexibility index (Phi) is 14.8. The van der Waals surface area contributed by atoms with Crippen LogP contribution >= 0.6 is 45.2 Å². The first-order valence-corrected chi connectivity index (χ1v) is 22.7. The number of carbonyl (C=O) groups excluding carboxylic acids is 2. The van der Waals surface area contributed by atoms with Crippen LogP contribution in [0.15, 0.2) is 42.5 Å². The van der Waals surface area contributed by atoms with Crippen molar-refractivity contribution in [1.82, 2.24) is 0 Å². The Morgan fingerprint density at radius 3 is 1.82 bits per heavy atom. The van der Waals surface area contributed by atoms with Crippen molar-refractivity contribution in [2.45, 2.75) is 125 Å². The maximum absolute atomic E-state index is 11.8. The Balaban J connectivity index is 0.000000196. The fourth-order valence-electron chi connectivity index (χ4n) is 5.65. The number of Topliss-reactive ketones (excluding diaryl/α,β-unsaturated/α-hetero) is 2. The monoisotopic (exact) mass is 946 g/mol. The summed E-state index contributed by atoms with van der Waals surface area (Å²) in [5.74, 6) is 2.45. The van der Waals surface area contributed by atoms with Gasteiger partial charge >= 0.3 is 69.5 Å². The molecular formula is C38H52I2O4Sn. The molecule has 3 aliphatic rings. The molecule has 0 saturated heterocycles. The minimum atomic E-state index is -0.216. The molecule has 246 valence electrons. The average Bonchev–Trinajstić information content (AvgIpc) is 3.90. The molecule has 2 aromatic rings. The van der Waals surface area contributed by atoms with E-state index in [9.17, 15) is 9.59 Å². The standard InChI is InChI=1S/C15H16I2O2.C15H18O2.2C4H9.Sn/c1-9(2)8-19-14-12(16)6-11(7-13(14)17)15(4-5-15)10(3)18;1-10(16)15(6-7-15)11-4-5-13-12(8-11)14(2,3)9-17-13;2*1-3-4-2;/h6-7H,1,4-5,8H2,2-3H3;4-5,8H,6-7,9H2,1-3H3;2*1,3-4H2,2H3;. The van der Waals surface area contributed by atoms with Gasteiger partial charge in [-0.1, -0.05) is 32.6 Å². The maximum atomic E-state index is 11.8. The minimum absolute atomic E-state index is 0.0677. The Morgan fingerprint density at radius 1 is 0.867 bits per heavy atom. The molecule has 5 rings (SSSR count). The van der Waals surface area contributed by atoms with Crippen LogP contribution in [0.3, 0.4) is 0 Å². The average molecular weight is 945 g/mol. The van der Waals surface area contributed by atoms with Crippen molar-refractivity contribution in [3.05, 3.63) is 66.3 Å². The van der Waals surface area contributed by atoms with Crippen LogP contribution in [0.2, 0.25) is 8.87 Å². The molecule has 45 heavy (non-hydrogen) atoms. The zero-order valence-corrected chi connectivity index (χ0v) is 35.6. The third kappa shape index (κ3) is 10.2. The van der Waals surface area contributed by atoms with Crippen LogP contribution in [0.5, 0.6) is 11.5 Å². The molecule has 0 bridgehead atoms. The second-order valence-corrected chi connectivity index (χ2v) is 20.2. The number of fused-ring (bicyclic) bond motifs is 1. The summed E-state index contributed by atoms with van der Waals surface area (Å²) >= 11 is 4.71. The predicted octanol–water partition coefficient (Wildman–Crippen LogP) is 10.6. The summed E-state index contributed by atoms with van der Waals surface area (Å²) < 4.78 is 16.8. The van der Waals surface area contributed by atoms with Crippen molar-refractivity contribution in [1.29, 1.82) is 0 Å². The van der Waals surface area contributed by atoms with E-state index in [1.54, 1.807) is 22.7 Å². The van der Waals surface area contributed by atoms with Crippen LogP contribution in [0, 0.1) is 7.14 Å². The van der Waals surface area contributed by atoms with Gasteiger partial charge in [-0.2, -0.15) is 0 Å². The fourth-order valence-corrected chi connectivity index (χ4v) is 11.9. The summed E-state index contributed by atoms with van der Waals surface area (Å²) in [5, 5.41) is 0. The van der Waals surface area contributed by atoms with Gasteiger partial charge in [0.2, 0.25) is 0 Å². The van der Waals surface area contributed by atoms with Gasteiger partial charge in [-0.05, 0) is 127 Å². The van der Waals surface area contributed by atoms with Crippen molar-refractivity contribution in [3.8, 4) is 11.5 Å². The second-order valence-electron chi connectivity index (χ2n) is 13.6. The normalized spacial score (nSPS) is 17.4. The van der Waals surface area contributed by atoms with E-state index in [-0.39, 0.29) is 43.2 Å². The van der Waals surface area contributed by atoms with E-state index >= 15 is 0 Å². The summed E-state index contributed by atoms with van der Waals surface area (Å²) in [6.45, 7) is 19.4. The van der Waals surface area contributed by atoms with E-state index in [2.05, 4.69) is 104 Å². The molecule has 0 atom stereocenters. The van der Waals surface area contributed by atoms with Crippen molar-refractivity contribution >= 4 is 77.9 Å². The van der Waals surface area contributed by atoms with Gasteiger partial charge in [-0.15, -0.1) is 0 Å². The molecule has 0 N–H and O–H groups in total. The number of benzene rings is 2. The fraction of sp³-hybridized carbons (Fsp3) is 0.579. The molecule has 2 aromatic carbocycles. The summed E-state index contributed by atoms with van der Waals surface area (Å²) in [4.78, 5) is 23.6. The van der Waals surface area contributed by atoms with E-state index in [0.717, 1.165) is 62.1 Å². The van der Waals surface area contributed by atoms with Crippen LogP contribution in [0.4, 0.5) is 0 Å². The Morgan fingerprint density at radius 2 is 1.38 bits per heavy atom. The molecule has 2 radical (unpaired) electrons. The Bertz CT molecular complexity index is 1330. The van der Waals surface area contributed by atoms with Gasteiger partial charge < -0.3 is 9.47 Å². The molecule has 0 spiro atoms. The summed E-state index contributed by atoms with van der Waals surface area (Å²) in [6, 6.07) is 10.5. The molecule has 1 aliphatic heterocycles. The van der Waals surface area contributed by atoms with Gasteiger partial charge in [-0.25, -0.2) is 0 Å². The Hall–Kier alpha value is -0.621. The van der Waals surface area contributed by atoms with Gasteiger partial charge in [0.15, 0.2) is 0 Å². The van der Waals surface area contributed by atoms with E-state index < -0.39 is 0 Å². The first-order valence-electron chi connectivity index (χ1n) is 16.5. The topological polar surface area (TPSA) is 52.6 Å². The molecule has 2 fully saturated rings. The molecule has 0 aromatic heterocycles. The SMILES string of the molecule is C=C(C)COc1c(I)cc(C2(C(C)=O)CC2)cc1I.CC(=O)C1(c2ccc3c(c2)C(C)(C)CO3)CC1.CCC[CH2][Sn][CH2]CCC. The number of hydrogen-bond acceptors (Lipinski definition) is 4. The number of ether oxygens (including phenoxy) is 2. The zero-order chi connectivity index (χ0) is 33.4. The van der Waals surface area contributed by atoms with Crippen molar-refractivity contribution in [2.24, 2.45) is 0 Å². The van der Waals surface area contributed by atoms with E-state index in [1.165, 1.54) is 36.8 Å². The van der Waals surface area contributed by atoms with E-state index in [4.69, 9.17) is 9.47 Å². The number of hydrogen-bond donors (Lipinski definition) is 0. The van der Waals surface area contributed by atoms with Crippen LogP contribution in [-0.2, 0) is 25.8 Å². The number of carbonyl (C=O) groups is 2. The van der Waals surface area contributed by atoms with Crippen LogP contribution in [0.1, 0.15) is 117 Å². The van der Waals surface area contributed by atoms with Gasteiger partial charge in [0.25, 0.3) is 0 Å². The number of rotatable bonds is 13. The van der Waals surface area contributed by atoms with Crippen LogP contribution in [0.25, 0.3) is 0 Å². The van der Waals surface area contributed by atoms with Crippen LogP contribution in [-0.4, -0.2) is 45.9 Å². The van der Waals surface area contributed by atoms with Crippen molar-refractivity contribution < 1.29 is 19.1 Å². The first-order chi connectivity index (χ1) is 21.2. The molecular weight excluding hydrogens is 893 g/mol. The molecule has 2 aliphatic carbocycles. The molecule has 0 unspecified atom stereocenters. The first kappa shape index (κ1) is 38.8. The zero-order valence-electron chi connectivity index (χ0n) is 28.5. The van der Waals surface area contributed by atoms with Gasteiger partial charge in [0.05, 0.1) is 24.6 Å². The molecule has 0 amide bonds. The van der Waals surface area contributed by atoms with Gasteiger partial charge in [0.1, 0.15) is 29.7 Å². The third-order valence-electron chi connectivity index (χ3n) is 9.13. The van der Waals surface area contributed by atoms with E-state index in [0.29, 0.717) is 12.4 Å². The molecule has 4 nitrogen and oxygen atoms in total. The summed E-state index contributed by atoms with van der Waals surface area (Å²) in [6.07, 6.45) is 9.79. The predicted molar refractivity (Wildman–Crippen MR) is 206 cm³/mol.